The third-order valence-electron chi connectivity index (χ3n) is 3.44. The number of anilines is 1. The Morgan fingerprint density at radius 3 is 2.46 bits per heavy atom. The number of halogens is 2. The van der Waals surface area contributed by atoms with Crippen LogP contribution < -0.4 is 10.6 Å². The van der Waals surface area contributed by atoms with Gasteiger partial charge in [0.1, 0.15) is 4.99 Å². The van der Waals surface area contributed by atoms with Gasteiger partial charge in [-0.3, -0.25) is 5.32 Å². The van der Waals surface area contributed by atoms with Crippen molar-refractivity contribution in [2.75, 3.05) is 5.32 Å². The molecule has 0 atom stereocenters. The monoisotopic (exact) mass is 374 g/mol. The van der Waals surface area contributed by atoms with Gasteiger partial charge in [0, 0.05) is 11.3 Å². The Kier molecular flexibility index (Phi) is 5.00. The van der Waals surface area contributed by atoms with Crippen LogP contribution in [-0.4, -0.2) is 11.0 Å². The lowest BCUT2D eigenvalue weighted by atomic mass is 10.0. The van der Waals surface area contributed by atoms with E-state index in [4.69, 9.17) is 35.4 Å². The summed E-state index contributed by atoms with van der Waals surface area (Å²) in [4.78, 5) is 12.5. The minimum absolute atomic E-state index is 0.351. The van der Waals surface area contributed by atoms with E-state index < -0.39 is 6.03 Å². The number of urea groups is 1. The first kappa shape index (κ1) is 16.7. The first-order valence-corrected chi connectivity index (χ1v) is 8.26. The van der Waals surface area contributed by atoms with Gasteiger partial charge in [-0.05, 0) is 29.0 Å². The average molecular weight is 375 g/mol. The molecule has 2 amide bonds. The van der Waals surface area contributed by atoms with Gasteiger partial charge in [0.15, 0.2) is 0 Å². The largest absolute Gasteiger partial charge is 0.324 e. The molecule has 0 fully saturated rings. The van der Waals surface area contributed by atoms with Gasteiger partial charge < -0.3 is 5.32 Å². The Hall–Kier alpha value is -2.14. The van der Waals surface area contributed by atoms with Crippen molar-refractivity contribution in [1.29, 1.82) is 0 Å². The van der Waals surface area contributed by atoms with Crippen LogP contribution in [0.4, 0.5) is 10.5 Å². The number of benzene rings is 3. The van der Waals surface area contributed by atoms with Crippen molar-refractivity contribution in [3.8, 4) is 0 Å². The molecule has 0 spiro atoms. The molecule has 3 rings (SSSR count). The van der Waals surface area contributed by atoms with Crippen LogP contribution in [0.25, 0.3) is 10.8 Å². The minimum Gasteiger partial charge on any atom is -0.308 e. The van der Waals surface area contributed by atoms with Gasteiger partial charge in [0.05, 0.1) is 10.0 Å². The van der Waals surface area contributed by atoms with E-state index in [2.05, 4.69) is 10.6 Å². The Bertz CT molecular complexity index is 938. The SMILES string of the molecule is O=C(NC(=S)c1cccc2ccccc12)Nc1ccc(Cl)c(Cl)c1. The summed E-state index contributed by atoms with van der Waals surface area (Å²) in [5.74, 6) is 0. The summed E-state index contributed by atoms with van der Waals surface area (Å²) in [6.07, 6.45) is 0. The molecule has 0 aromatic heterocycles. The quantitative estimate of drug-likeness (QED) is 0.569. The zero-order valence-corrected chi connectivity index (χ0v) is 14.7. The van der Waals surface area contributed by atoms with Crippen molar-refractivity contribution in [3.05, 3.63) is 76.3 Å². The number of hydrogen-bond acceptors (Lipinski definition) is 2. The molecule has 2 N–H and O–H groups in total. The minimum atomic E-state index is -0.439. The highest BCUT2D eigenvalue weighted by Crippen LogP contribution is 2.25. The number of hydrogen-bond donors (Lipinski definition) is 2. The lowest BCUT2D eigenvalue weighted by Gasteiger charge is -2.11. The normalized spacial score (nSPS) is 10.4. The van der Waals surface area contributed by atoms with Crippen LogP contribution in [0.3, 0.4) is 0 Å². The molecule has 0 saturated carbocycles. The number of fused-ring (bicyclic) bond motifs is 1. The maximum absolute atomic E-state index is 12.1. The molecule has 0 unspecified atom stereocenters. The van der Waals surface area contributed by atoms with Crippen molar-refractivity contribution in [2.24, 2.45) is 0 Å². The van der Waals surface area contributed by atoms with Gasteiger partial charge in [-0.1, -0.05) is 77.9 Å². The van der Waals surface area contributed by atoms with Crippen molar-refractivity contribution in [3.63, 3.8) is 0 Å². The van der Waals surface area contributed by atoms with Gasteiger partial charge in [-0.2, -0.15) is 0 Å². The van der Waals surface area contributed by atoms with Gasteiger partial charge in [-0.15, -0.1) is 0 Å². The van der Waals surface area contributed by atoms with E-state index in [0.29, 0.717) is 20.7 Å². The molecule has 0 heterocycles. The molecule has 6 heteroatoms. The molecule has 3 aromatic carbocycles. The first-order chi connectivity index (χ1) is 11.5. The Labute approximate surface area is 154 Å². The Balaban J connectivity index is 1.76. The Morgan fingerprint density at radius 1 is 0.917 bits per heavy atom. The zero-order valence-electron chi connectivity index (χ0n) is 12.3. The lowest BCUT2D eigenvalue weighted by molar-refractivity contribution is 0.256. The highest BCUT2D eigenvalue weighted by molar-refractivity contribution is 7.80. The molecule has 0 saturated heterocycles. The molecule has 24 heavy (non-hydrogen) atoms. The third-order valence-corrected chi connectivity index (χ3v) is 4.50. The predicted octanol–water partition coefficient (Wildman–Crippen LogP) is 5.64. The number of thiocarbonyl (C=S) groups is 1. The molecule has 3 aromatic rings. The van der Waals surface area contributed by atoms with E-state index in [0.717, 1.165) is 16.3 Å². The number of carbonyl (C=O) groups is 1. The summed E-state index contributed by atoms with van der Waals surface area (Å²) in [5.41, 5.74) is 1.33. The van der Waals surface area contributed by atoms with Crippen molar-refractivity contribution >= 4 is 62.9 Å². The van der Waals surface area contributed by atoms with Gasteiger partial charge >= 0.3 is 6.03 Å². The topological polar surface area (TPSA) is 41.1 Å². The standard InChI is InChI=1S/C18H12Cl2N2OS/c19-15-9-8-12(10-16(15)20)21-18(23)22-17(24)14-7-3-5-11-4-1-2-6-13(11)14/h1-10H,(H2,21,22,23,24). The smallest absolute Gasteiger partial charge is 0.308 e. The lowest BCUT2D eigenvalue weighted by Crippen LogP contribution is -2.33. The van der Waals surface area contributed by atoms with Crippen LogP contribution in [0.15, 0.2) is 60.7 Å². The number of nitrogens with one attached hydrogen (secondary N) is 2. The Morgan fingerprint density at radius 2 is 1.67 bits per heavy atom. The van der Waals surface area contributed by atoms with E-state index >= 15 is 0 Å². The fourth-order valence-corrected chi connectivity index (χ4v) is 2.90. The molecule has 0 bridgehead atoms. The second-order valence-corrected chi connectivity index (χ2v) is 6.29. The van der Waals surface area contributed by atoms with E-state index in [-0.39, 0.29) is 0 Å². The maximum Gasteiger partial charge on any atom is 0.324 e. The van der Waals surface area contributed by atoms with Crippen molar-refractivity contribution in [1.82, 2.24) is 5.32 Å². The fraction of sp³-hybridized carbons (Fsp3) is 0. The second kappa shape index (κ2) is 7.18. The van der Waals surface area contributed by atoms with E-state index in [1.165, 1.54) is 0 Å². The van der Waals surface area contributed by atoms with Crippen molar-refractivity contribution in [2.45, 2.75) is 0 Å². The van der Waals surface area contributed by atoms with E-state index in [1.807, 2.05) is 42.5 Å². The van der Waals surface area contributed by atoms with Gasteiger partial charge in [0.2, 0.25) is 0 Å². The summed E-state index contributed by atoms with van der Waals surface area (Å²) in [7, 11) is 0. The zero-order chi connectivity index (χ0) is 17.1. The predicted molar refractivity (Wildman–Crippen MR) is 104 cm³/mol. The number of amides is 2. The van der Waals surface area contributed by atoms with Crippen LogP contribution in [0.5, 0.6) is 0 Å². The summed E-state index contributed by atoms with van der Waals surface area (Å²) in [6, 6.07) is 18.0. The van der Waals surface area contributed by atoms with Gasteiger partial charge in [-0.25, -0.2) is 4.79 Å². The fourth-order valence-electron chi connectivity index (χ4n) is 2.33. The highest BCUT2D eigenvalue weighted by atomic mass is 35.5. The van der Waals surface area contributed by atoms with Crippen LogP contribution >= 0.6 is 35.4 Å². The molecule has 120 valence electrons. The van der Waals surface area contributed by atoms with Crippen LogP contribution in [0.2, 0.25) is 10.0 Å². The van der Waals surface area contributed by atoms with Crippen LogP contribution in [-0.2, 0) is 0 Å². The molecular formula is C18H12Cl2N2OS. The molecule has 0 aliphatic carbocycles. The van der Waals surface area contributed by atoms with E-state index in [1.54, 1.807) is 18.2 Å². The first-order valence-electron chi connectivity index (χ1n) is 7.10. The summed E-state index contributed by atoms with van der Waals surface area (Å²) in [5, 5.41) is 8.19. The number of carbonyl (C=O) groups excluding carboxylic acids is 1. The van der Waals surface area contributed by atoms with E-state index in [9.17, 15) is 4.79 Å². The van der Waals surface area contributed by atoms with Gasteiger partial charge in [0.25, 0.3) is 0 Å². The third kappa shape index (κ3) is 3.67. The van der Waals surface area contributed by atoms with Crippen LogP contribution in [0, 0.1) is 0 Å². The molecule has 0 aliphatic heterocycles. The molecule has 0 aliphatic rings. The van der Waals surface area contributed by atoms with Crippen LogP contribution in [0.1, 0.15) is 5.56 Å². The summed E-state index contributed by atoms with van der Waals surface area (Å²) in [6.45, 7) is 0. The second-order valence-electron chi connectivity index (χ2n) is 5.06. The average Bonchev–Trinajstić information content (AvgIpc) is 2.57. The molecule has 3 nitrogen and oxygen atoms in total. The summed E-state index contributed by atoms with van der Waals surface area (Å²) < 4.78 is 0. The maximum atomic E-state index is 12.1. The molecular weight excluding hydrogens is 363 g/mol. The molecule has 0 radical (unpaired) electrons. The summed E-state index contributed by atoms with van der Waals surface area (Å²) >= 11 is 17.2. The van der Waals surface area contributed by atoms with Crippen molar-refractivity contribution < 1.29 is 4.79 Å². The number of rotatable bonds is 2. The highest BCUT2D eigenvalue weighted by Gasteiger charge is 2.10.